The van der Waals surface area contributed by atoms with Crippen molar-refractivity contribution in [1.29, 1.82) is 0 Å². The summed E-state index contributed by atoms with van der Waals surface area (Å²) in [7, 11) is 0. The highest BCUT2D eigenvalue weighted by atomic mass is 79.9. The van der Waals surface area contributed by atoms with Gasteiger partial charge in [-0.1, -0.05) is 18.2 Å². The van der Waals surface area contributed by atoms with Crippen molar-refractivity contribution >= 4 is 55.8 Å². The third kappa shape index (κ3) is 4.61. The molecule has 0 atom stereocenters. The summed E-state index contributed by atoms with van der Waals surface area (Å²) in [4.78, 5) is 17.0. The number of carbonyl (C=O) groups excluding carboxylic acids is 1. The van der Waals surface area contributed by atoms with E-state index in [9.17, 15) is 4.79 Å². The zero-order valence-electron chi connectivity index (χ0n) is 14.9. The number of para-hydroxylation sites is 1. The Bertz CT molecular complexity index is 1020. The number of nitrogens with zero attached hydrogens (tertiary/aromatic N) is 1. The minimum absolute atomic E-state index is 0.209. The fourth-order valence-corrected chi connectivity index (χ4v) is 3.28. The molecule has 1 amide bonds. The number of hydrogen-bond acceptors (Lipinski definition) is 4. The number of benzene rings is 2. The summed E-state index contributed by atoms with van der Waals surface area (Å²) in [5.74, 6) is 0.382. The number of rotatable bonds is 4. The van der Waals surface area contributed by atoms with Crippen molar-refractivity contribution in [2.45, 2.75) is 13.8 Å². The van der Waals surface area contributed by atoms with E-state index in [0.717, 1.165) is 22.3 Å². The van der Waals surface area contributed by atoms with Crippen molar-refractivity contribution in [3.63, 3.8) is 0 Å². The van der Waals surface area contributed by atoms with Crippen LogP contribution in [0.5, 0.6) is 5.75 Å². The maximum atomic E-state index is 12.5. The number of fused-ring (bicyclic) bond motifs is 1. The van der Waals surface area contributed by atoms with Crippen molar-refractivity contribution in [3.05, 3.63) is 64.3 Å². The van der Waals surface area contributed by atoms with Crippen molar-refractivity contribution in [2.75, 3.05) is 11.9 Å². The van der Waals surface area contributed by atoms with E-state index in [1.54, 1.807) is 18.2 Å². The van der Waals surface area contributed by atoms with Gasteiger partial charge < -0.3 is 10.1 Å². The molecule has 2 aromatic carbocycles. The topological polar surface area (TPSA) is 63.2 Å². The van der Waals surface area contributed by atoms with Gasteiger partial charge in [0.15, 0.2) is 5.11 Å². The van der Waals surface area contributed by atoms with Gasteiger partial charge in [-0.05, 0) is 72.3 Å². The molecular weight excluding hydrogens is 426 g/mol. The predicted molar refractivity (Wildman–Crippen MR) is 115 cm³/mol. The number of hydrogen-bond donors (Lipinski definition) is 2. The highest BCUT2D eigenvalue weighted by molar-refractivity contribution is 9.10. The number of nitrogens with one attached hydrogen (secondary N) is 2. The Kier molecular flexibility index (Phi) is 6.03. The molecule has 0 aliphatic heterocycles. The first kappa shape index (κ1) is 19.3. The normalized spacial score (nSPS) is 10.5. The van der Waals surface area contributed by atoms with Crippen molar-refractivity contribution < 1.29 is 9.53 Å². The molecule has 0 aliphatic rings. The standard InChI is InChI=1S/C20H18BrN3O2S/c1-3-26-17-10-9-14(11-15(17)21)19(25)24-20(27)23-16-6-4-5-13-8-7-12(2)22-18(13)16/h4-11H,3H2,1-2H3,(H2,23,24,25,27). The van der Waals surface area contributed by atoms with Gasteiger partial charge in [-0.15, -0.1) is 0 Å². The SMILES string of the molecule is CCOc1ccc(C(=O)NC(=S)Nc2cccc3ccc(C)nc23)cc1Br. The maximum Gasteiger partial charge on any atom is 0.257 e. The number of ether oxygens (including phenoxy) is 1. The third-order valence-electron chi connectivity index (χ3n) is 3.83. The summed E-state index contributed by atoms with van der Waals surface area (Å²) in [6.07, 6.45) is 0. The Labute approximate surface area is 171 Å². The molecule has 1 aromatic heterocycles. The van der Waals surface area contributed by atoms with Crippen LogP contribution >= 0.6 is 28.1 Å². The molecule has 7 heteroatoms. The molecule has 138 valence electrons. The largest absolute Gasteiger partial charge is 0.493 e. The second-order valence-corrected chi connectivity index (χ2v) is 7.08. The Morgan fingerprint density at radius 3 is 2.78 bits per heavy atom. The highest BCUT2D eigenvalue weighted by Crippen LogP contribution is 2.26. The fraction of sp³-hybridized carbons (Fsp3) is 0.150. The molecule has 0 saturated carbocycles. The monoisotopic (exact) mass is 443 g/mol. The van der Waals surface area contributed by atoms with Crippen molar-refractivity contribution in [2.24, 2.45) is 0 Å². The number of thiocarbonyl (C=S) groups is 1. The molecule has 1 heterocycles. The van der Waals surface area contributed by atoms with Gasteiger partial charge in [0.25, 0.3) is 5.91 Å². The Morgan fingerprint density at radius 2 is 2.04 bits per heavy atom. The zero-order chi connectivity index (χ0) is 19.4. The van der Waals surface area contributed by atoms with Crippen LogP contribution < -0.4 is 15.4 Å². The minimum Gasteiger partial charge on any atom is -0.493 e. The van der Waals surface area contributed by atoms with E-state index in [0.29, 0.717) is 22.4 Å². The van der Waals surface area contributed by atoms with E-state index in [1.807, 2.05) is 44.2 Å². The van der Waals surface area contributed by atoms with E-state index < -0.39 is 0 Å². The Balaban J connectivity index is 1.73. The van der Waals surface area contributed by atoms with Crippen LogP contribution in [0.1, 0.15) is 23.0 Å². The summed E-state index contributed by atoms with van der Waals surface area (Å²) < 4.78 is 6.17. The molecule has 0 unspecified atom stereocenters. The van der Waals surface area contributed by atoms with Crippen LogP contribution in [0.4, 0.5) is 5.69 Å². The molecular formula is C20H18BrN3O2S. The lowest BCUT2D eigenvalue weighted by Gasteiger charge is -2.12. The summed E-state index contributed by atoms with van der Waals surface area (Å²) >= 11 is 8.71. The lowest BCUT2D eigenvalue weighted by Crippen LogP contribution is -2.34. The molecule has 0 radical (unpaired) electrons. The van der Waals surface area contributed by atoms with Crippen LogP contribution in [0.25, 0.3) is 10.9 Å². The Hall–Kier alpha value is -2.51. The molecule has 0 saturated heterocycles. The zero-order valence-corrected chi connectivity index (χ0v) is 17.3. The lowest BCUT2D eigenvalue weighted by molar-refractivity contribution is 0.0977. The smallest absolute Gasteiger partial charge is 0.257 e. The first-order valence-electron chi connectivity index (χ1n) is 8.39. The van der Waals surface area contributed by atoms with Gasteiger partial charge in [0.1, 0.15) is 5.75 Å². The number of aryl methyl sites for hydroxylation is 1. The van der Waals surface area contributed by atoms with Gasteiger partial charge in [-0.3, -0.25) is 15.1 Å². The number of amides is 1. The second-order valence-electron chi connectivity index (χ2n) is 5.82. The van der Waals surface area contributed by atoms with E-state index in [2.05, 4.69) is 31.5 Å². The number of aromatic nitrogens is 1. The van der Waals surface area contributed by atoms with Crippen molar-refractivity contribution in [1.82, 2.24) is 10.3 Å². The van der Waals surface area contributed by atoms with Gasteiger partial charge in [0, 0.05) is 16.6 Å². The van der Waals surface area contributed by atoms with E-state index >= 15 is 0 Å². The Morgan fingerprint density at radius 1 is 1.22 bits per heavy atom. The highest BCUT2D eigenvalue weighted by Gasteiger charge is 2.12. The van der Waals surface area contributed by atoms with Gasteiger partial charge >= 0.3 is 0 Å². The quantitative estimate of drug-likeness (QED) is 0.565. The van der Waals surface area contributed by atoms with E-state index in [1.165, 1.54) is 0 Å². The molecule has 0 bridgehead atoms. The summed E-state index contributed by atoms with van der Waals surface area (Å²) in [6.45, 7) is 4.39. The molecule has 3 aromatic rings. The molecule has 5 nitrogen and oxygen atoms in total. The minimum atomic E-state index is -0.305. The first-order valence-corrected chi connectivity index (χ1v) is 9.59. The molecule has 2 N–H and O–H groups in total. The molecule has 3 rings (SSSR count). The number of halogens is 1. The summed E-state index contributed by atoms with van der Waals surface area (Å²) in [5.41, 5.74) is 2.93. The van der Waals surface area contributed by atoms with Crippen LogP contribution in [0.3, 0.4) is 0 Å². The van der Waals surface area contributed by atoms with Crippen molar-refractivity contribution in [3.8, 4) is 5.75 Å². The maximum absolute atomic E-state index is 12.5. The van der Waals surface area contributed by atoms with E-state index in [4.69, 9.17) is 17.0 Å². The van der Waals surface area contributed by atoms with Gasteiger partial charge in [0.05, 0.1) is 22.3 Å². The van der Waals surface area contributed by atoms with Crippen LogP contribution in [0, 0.1) is 6.92 Å². The first-order chi connectivity index (χ1) is 13.0. The third-order valence-corrected chi connectivity index (χ3v) is 4.65. The fourth-order valence-electron chi connectivity index (χ4n) is 2.59. The van der Waals surface area contributed by atoms with Crippen LogP contribution in [0.15, 0.2) is 53.0 Å². The summed E-state index contributed by atoms with van der Waals surface area (Å²) in [5, 5.41) is 6.96. The molecule has 0 aliphatic carbocycles. The van der Waals surface area contributed by atoms with Gasteiger partial charge in [-0.25, -0.2) is 0 Å². The molecule has 27 heavy (non-hydrogen) atoms. The second kappa shape index (κ2) is 8.45. The number of pyridine rings is 1. The average Bonchev–Trinajstić information content (AvgIpc) is 2.64. The molecule has 0 spiro atoms. The van der Waals surface area contributed by atoms with Gasteiger partial charge in [-0.2, -0.15) is 0 Å². The number of anilines is 1. The van der Waals surface area contributed by atoms with Crippen LogP contribution in [-0.4, -0.2) is 22.6 Å². The van der Waals surface area contributed by atoms with Crippen LogP contribution in [0.2, 0.25) is 0 Å². The molecule has 0 fully saturated rings. The number of carbonyl (C=O) groups is 1. The van der Waals surface area contributed by atoms with Gasteiger partial charge in [0.2, 0.25) is 0 Å². The average molecular weight is 444 g/mol. The van der Waals surface area contributed by atoms with Crippen LogP contribution in [-0.2, 0) is 0 Å². The lowest BCUT2D eigenvalue weighted by atomic mass is 10.2. The summed E-state index contributed by atoms with van der Waals surface area (Å²) in [6, 6.07) is 14.9. The van der Waals surface area contributed by atoms with E-state index in [-0.39, 0.29) is 11.0 Å². The predicted octanol–water partition coefficient (Wildman–Crippen LogP) is 4.83.